The molecule has 1 aliphatic heterocycles. The van der Waals surface area contributed by atoms with E-state index in [0.717, 1.165) is 0 Å². The topological polar surface area (TPSA) is 117 Å². The molecule has 1 fully saturated rings. The van der Waals surface area contributed by atoms with Gasteiger partial charge in [-0.2, -0.15) is 17.8 Å². The number of fused-ring (bicyclic) bond motifs is 1. The average molecular weight is 482 g/mol. The van der Waals surface area contributed by atoms with Gasteiger partial charge in [-0.05, 0) is 44.7 Å². The molecule has 0 saturated heterocycles. The molecule has 0 radical (unpaired) electrons. The molecular formula is C20H21F3N6O3S. The van der Waals surface area contributed by atoms with E-state index < -0.39 is 32.4 Å². The van der Waals surface area contributed by atoms with Crippen molar-refractivity contribution in [2.45, 2.75) is 43.7 Å². The summed E-state index contributed by atoms with van der Waals surface area (Å²) in [6, 6.07) is 0.371. The summed E-state index contributed by atoms with van der Waals surface area (Å²) in [4.78, 5) is 21.9. The number of sulfonamides is 1. The highest BCUT2D eigenvalue weighted by atomic mass is 32.2. The van der Waals surface area contributed by atoms with Gasteiger partial charge in [0.25, 0.3) is 10.0 Å². The van der Waals surface area contributed by atoms with E-state index >= 15 is 0 Å². The Morgan fingerprint density at radius 3 is 2.48 bits per heavy atom. The minimum Gasteiger partial charge on any atom is -0.351 e. The number of benzene rings is 1. The zero-order valence-corrected chi connectivity index (χ0v) is 18.8. The van der Waals surface area contributed by atoms with Crippen molar-refractivity contribution in [3.63, 3.8) is 0 Å². The Kier molecular flexibility index (Phi) is 5.76. The zero-order chi connectivity index (χ0) is 24.1. The maximum atomic E-state index is 13.3. The highest BCUT2D eigenvalue weighted by Crippen LogP contribution is 2.34. The van der Waals surface area contributed by atoms with E-state index in [4.69, 9.17) is 0 Å². The molecule has 0 bridgehead atoms. The van der Waals surface area contributed by atoms with Crippen molar-refractivity contribution in [2.75, 3.05) is 22.6 Å². The van der Waals surface area contributed by atoms with Gasteiger partial charge in [0.2, 0.25) is 11.9 Å². The average Bonchev–Trinajstić information content (AvgIpc) is 2.72. The smallest absolute Gasteiger partial charge is 0.282 e. The van der Waals surface area contributed by atoms with Gasteiger partial charge in [0.1, 0.15) is 11.7 Å². The van der Waals surface area contributed by atoms with Crippen LogP contribution in [0.2, 0.25) is 0 Å². The van der Waals surface area contributed by atoms with E-state index in [0.29, 0.717) is 48.1 Å². The fraction of sp³-hybridized carbons (Fsp3) is 0.400. The largest absolute Gasteiger partial charge is 0.351 e. The van der Waals surface area contributed by atoms with Crippen LogP contribution in [0.5, 0.6) is 0 Å². The van der Waals surface area contributed by atoms with Crippen molar-refractivity contribution in [3.05, 3.63) is 35.3 Å². The number of rotatable bonds is 5. The van der Waals surface area contributed by atoms with Gasteiger partial charge in [-0.25, -0.2) is 18.2 Å². The molecule has 13 heteroatoms. The maximum absolute atomic E-state index is 13.3. The fourth-order valence-electron chi connectivity index (χ4n) is 3.60. The molecule has 2 heterocycles. The Labute approximate surface area is 188 Å². The summed E-state index contributed by atoms with van der Waals surface area (Å²) in [5, 5.41) is 5.99. The van der Waals surface area contributed by atoms with E-state index in [2.05, 4.69) is 25.0 Å². The van der Waals surface area contributed by atoms with Crippen LogP contribution >= 0.6 is 0 Å². The van der Waals surface area contributed by atoms with Gasteiger partial charge in [-0.1, -0.05) is 0 Å². The number of aryl methyl sites for hydroxylation is 1. The van der Waals surface area contributed by atoms with E-state index in [1.165, 1.54) is 6.21 Å². The third-order valence-electron chi connectivity index (χ3n) is 5.79. The second-order valence-corrected chi connectivity index (χ2v) is 9.74. The minimum absolute atomic E-state index is 0.0387. The number of carbonyl (C=O) groups excluding carboxylic acids is 1. The van der Waals surface area contributed by atoms with Crippen LogP contribution in [-0.2, 0) is 14.8 Å². The lowest BCUT2D eigenvalue weighted by atomic mass is 9.81. The normalized spacial score (nSPS) is 22.7. The van der Waals surface area contributed by atoms with Gasteiger partial charge in [0.05, 0.1) is 10.6 Å². The number of hydrogen-bond donors (Lipinski definition) is 2. The van der Waals surface area contributed by atoms with Crippen LogP contribution in [0.3, 0.4) is 0 Å². The third-order valence-corrected chi connectivity index (χ3v) is 7.02. The molecule has 2 aromatic rings. The molecule has 1 saturated carbocycles. The summed E-state index contributed by atoms with van der Waals surface area (Å²) in [5.41, 5.74) is 1.17. The molecule has 1 amide bonds. The fourth-order valence-corrected chi connectivity index (χ4v) is 4.56. The summed E-state index contributed by atoms with van der Waals surface area (Å²) < 4.78 is 67.6. The van der Waals surface area contributed by atoms with Crippen LogP contribution in [0.15, 0.2) is 21.4 Å². The SMILES string of the molecule is Cc1nc(NC2CC(/C=N/S(=O)(=O)c3cc(F)c(F)c(F)c3)C2)nc2c1NC(=O)[C@H](C)N2C. The first-order chi connectivity index (χ1) is 15.5. The van der Waals surface area contributed by atoms with Crippen molar-refractivity contribution in [2.24, 2.45) is 10.3 Å². The lowest BCUT2D eigenvalue weighted by Crippen LogP contribution is -2.45. The van der Waals surface area contributed by atoms with Gasteiger partial charge in [0, 0.05) is 19.3 Å². The number of carbonyl (C=O) groups is 1. The first kappa shape index (κ1) is 23.0. The van der Waals surface area contributed by atoms with Crippen LogP contribution in [0.25, 0.3) is 0 Å². The Balaban J connectivity index is 1.40. The first-order valence-corrected chi connectivity index (χ1v) is 11.5. The maximum Gasteiger partial charge on any atom is 0.282 e. The Morgan fingerprint density at radius 1 is 1.21 bits per heavy atom. The van der Waals surface area contributed by atoms with Crippen LogP contribution in [0, 0.1) is 30.3 Å². The number of anilines is 3. The standard InChI is InChI=1S/C20H21F3N6O3S/c1-9-17-18(29(3)10(2)19(30)27-17)28-20(25-9)26-12-4-11(5-12)8-24-33(31,32)13-6-14(21)16(23)15(22)7-13/h6-8,10-12H,4-5H2,1-3H3,(H,27,30)(H,25,26,28)/b24-8+/t10-,11?,12?/m0/s1. The molecule has 2 aliphatic rings. The van der Waals surface area contributed by atoms with Crippen LogP contribution in [0.1, 0.15) is 25.5 Å². The number of amides is 1. The van der Waals surface area contributed by atoms with E-state index in [9.17, 15) is 26.4 Å². The number of nitrogens with zero attached hydrogens (tertiary/aromatic N) is 4. The third kappa shape index (κ3) is 4.36. The molecule has 0 spiro atoms. The molecule has 33 heavy (non-hydrogen) atoms. The van der Waals surface area contributed by atoms with Gasteiger partial charge in [-0.15, -0.1) is 0 Å². The van der Waals surface area contributed by atoms with Crippen molar-refractivity contribution in [1.29, 1.82) is 0 Å². The van der Waals surface area contributed by atoms with Crippen molar-refractivity contribution >= 4 is 39.6 Å². The Bertz CT molecular complexity index is 1240. The van der Waals surface area contributed by atoms with Gasteiger partial charge in [-0.3, -0.25) is 4.79 Å². The quantitative estimate of drug-likeness (QED) is 0.497. The molecule has 1 aliphatic carbocycles. The number of hydrogen-bond acceptors (Lipinski definition) is 7. The molecule has 9 nitrogen and oxygen atoms in total. The lowest BCUT2D eigenvalue weighted by molar-refractivity contribution is -0.117. The summed E-state index contributed by atoms with van der Waals surface area (Å²) in [7, 11) is -2.59. The van der Waals surface area contributed by atoms with Gasteiger partial charge >= 0.3 is 0 Å². The second kappa shape index (κ2) is 8.28. The minimum atomic E-state index is -4.36. The van der Waals surface area contributed by atoms with Crippen LogP contribution in [0.4, 0.5) is 30.6 Å². The van der Waals surface area contributed by atoms with Crippen molar-refractivity contribution in [1.82, 2.24) is 9.97 Å². The molecule has 2 N–H and O–H groups in total. The highest BCUT2D eigenvalue weighted by molar-refractivity contribution is 7.90. The predicted molar refractivity (Wildman–Crippen MR) is 115 cm³/mol. The number of aromatic nitrogens is 2. The van der Waals surface area contributed by atoms with E-state index in [1.807, 2.05) is 0 Å². The Hall–Kier alpha value is -3.22. The second-order valence-electron chi connectivity index (χ2n) is 8.11. The monoisotopic (exact) mass is 482 g/mol. The van der Waals surface area contributed by atoms with Crippen molar-refractivity contribution in [3.8, 4) is 0 Å². The van der Waals surface area contributed by atoms with Gasteiger partial charge in [0.15, 0.2) is 23.3 Å². The molecule has 1 atom stereocenters. The van der Waals surface area contributed by atoms with E-state index in [1.54, 1.807) is 25.8 Å². The van der Waals surface area contributed by atoms with Crippen LogP contribution < -0.4 is 15.5 Å². The molecule has 1 aromatic heterocycles. The molecule has 176 valence electrons. The van der Waals surface area contributed by atoms with Gasteiger partial charge < -0.3 is 15.5 Å². The number of halogens is 3. The highest BCUT2D eigenvalue weighted by Gasteiger charge is 2.32. The van der Waals surface area contributed by atoms with Crippen molar-refractivity contribution < 1.29 is 26.4 Å². The predicted octanol–water partition coefficient (Wildman–Crippen LogP) is 2.63. The summed E-state index contributed by atoms with van der Waals surface area (Å²) >= 11 is 0. The van der Waals surface area contributed by atoms with E-state index in [-0.39, 0.29) is 23.9 Å². The number of likely N-dealkylation sites (N-methyl/N-ethyl adjacent to an activating group) is 1. The molecule has 4 rings (SSSR count). The number of nitrogens with one attached hydrogen (secondary N) is 2. The molecule has 0 unspecified atom stereocenters. The van der Waals surface area contributed by atoms with Crippen LogP contribution in [-0.4, -0.2) is 49.6 Å². The summed E-state index contributed by atoms with van der Waals surface area (Å²) in [5.74, 6) is -4.29. The first-order valence-electron chi connectivity index (χ1n) is 10.1. The Morgan fingerprint density at radius 2 is 1.85 bits per heavy atom. The molecular weight excluding hydrogens is 461 g/mol. The lowest BCUT2D eigenvalue weighted by Gasteiger charge is -2.35. The zero-order valence-electron chi connectivity index (χ0n) is 17.9. The molecule has 1 aromatic carbocycles. The summed E-state index contributed by atoms with van der Waals surface area (Å²) in [6.45, 7) is 3.53. The summed E-state index contributed by atoms with van der Waals surface area (Å²) in [6.07, 6.45) is 2.28.